The van der Waals surface area contributed by atoms with Crippen LogP contribution in [0.15, 0.2) is 53.3 Å². The second-order valence-electron chi connectivity index (χ2n) is 7.87. The van der Waals surface area contributed by atoms with E-state index in [1.165, 1.54) is 18.2 Å². The zero-order valence-electron chi connectivity index (χ0n) is 17.6. The number of aromatic nitrogens is 2. The zero-order valence-corrected chi connectivity index (χ0v) is 18.4. The Kier molecular flexibility index (Phi) is 6.28. The Morgan fingerprint density at radius 3 is 2.74 bits per heavy atom. The lowest BCUT2D eigenvalue weighted by atomic mass is 10.0. The predicted molar refractivity (Wildman–Crippen MR) is 121 cm³/mol. The molecule has 0 N–H and O–H groups in total. The van der Waals surface area contributed by atoms with Gasteiger partial charge in [-0.25, -0.2) is 9.37 Å². The molecule has 1 fully saturated rings. The van der Waals surface area contributed by atoms with E-state index in [1.54, 1.807) is 36.6 Å². The first-order chi connectivity index (χ1) is 14.9. The monoisotopic (exact) mass is 441 g/mol. The standard InChI is InChI=1S/C24H25ClFN3O2/c1-16-12-24(30)29(17(2)27-16)19-9-10-23(22(25)14-19)28-11-4-3-7-20(28)15-31-21-8-5-6-18(26)13-21/h5-6,8-10,12-14,20H,3-4,7,11,15H2,1-2H3. The number of rotatable bonds is 5. The first kappa shape index (κ1) is 21.4. The number of hydrogen-bond donors (Lipinski definition) is 0. The van der Waals surface area contributed by atoms with Crippen LogP contribution < -0.4 is 15.2 Å². The van der Waals surface area contributed by atoms with E-state index in [0.29, 0.717) is 34.6 Å². The maximum Gasteiger partial charge on any atom is 0.258 e. The third kappa shape index (κ3) is 4.74. The molecule has 2 aromatic carbocycles. The van der Waals surface area contributed by atoms with Gasteiger partial charge < -0.3 is 9.64 Å². The van der Waals surface area contributed by atoms with Gasteiger partial charge in [0.1, 0.15) is 24.0 Å². The van der Waals surface area contributed by atoms with Crippen molar-refractivity contribution in [2.45, 2.75) is 39.2 Å². The molecule has 0 aliphatic carbocycles. The number of aryl methyl sites for hydroxylation is 2. The van der Waals surface area contributed by atoms with Gasteiger partial charge in [0, 0.05) is 24.4 Å². The van der Waals surface area contributed by atoms with Crippen molar-refractivity contribution in [3.63, 3.8) is 0 Å². The molecular weight excluding hydrogens is 417 g/mol. The van der Waals surface area contributed by atoms with Crippen molar-refractivity contribution in [2.75, 3.05) is 18.1 Å². The highest BCUT2D eigenvalue weighted by Gasteiger charge is 2.25. The van der Waals surface area contributed by atoms with Gasteiger partial charge in [0.25, 0.3) is 5.56 Å². The lowest BCUT2D eigenvalue weighted by Crippen LogP contribution is -2.43. The van der Waals surface area contributed by atoms with Gasteiger partial charge in [-0.1, -0.05) is 17.7 Å². The summed E-state index contributed by atoms with van der Waals surface area (Å²) < 4.78 is 20.9. The number of anilines is 1. The van der Waals surface area contributed by atoms with Gasteiger partial charge in [0.2, 0.25) is 0 Å². The van der Waals surface area contributed by atoms with Crippen molar-refractivity contribution in [3.05, 3.63) is 81.2 Å². The van der Waals surface area contributed by atoms with Crippen LogP contribution in [-0.2, 0) is 0 Å². The van der Waals surface area contributed by atoms with Gasteiger partial charge in [0.15, 0.2) is 0 Å². The van der Waals surface area contributed by atoms with Crippen molar-refractivity contribution in [1.29, 1.82) is 0 Å². The summed E-state index contributed by atoms with van der Waals surface area (Å²) in [5, 5.41) is 0.571. The topological polar surface area (TPSA) is 47.4 Å². The summed E-state index contributed by atoms with van der Waals surface area (Å²) in [5.41, 5.74) is 2.15. The molecule has 1 aromatic heterocycles. The second kappa shape index (κ2) is 9.10. The summed E-state index contributed by atoms with van der Waals surface area (Å²) in [6.45, 7) is 4.92. The van der Waals surface area contributed by atoms with Crippen LogP contribution in [0.2, 0.25) is 5.02 Å². The van der Waals surface area contributed by atoms with E-state index >= 15 is 0 Å². The van der Waals surface area contributed by atoms with E-state index in [0.717, 1.165) is 31.5 Å². The molecule has 31 heavy (non-hydrogen) atoms. The minimum Gasteiger partial charge on any atom is -0.491 e. The summed E-state index contributed by atoms with van der Waals surface area (Å²) in [5.74, 6) is 0.828. The van der Waals surface area contributed by atoms with Gasteiger partial charge >= 0.3 is 0 Å². The Hall–Kier alpha value is -2.86. The lowest BCUT2D eigenvalue weighted by Gasteiger charge is -2.38. The summed E-state index contributed by atoms with van der Waals surface area (Å²) >= 11 is 6.68. The molecule has 1 unspecified atom stereocenters. The predicted octanol–water partition coefficient (Wildman–Crippen LogP) is 5.08. The molecule has 0 radical (unpaired) electrons. The van der Waals surface area contributed by atoms with Crippen molar-refractivity contribution in [1.82, 2.24) is 9.55 Å². The highest BCUT2D eigenvalue weighted by molar-refractivity contribution is 6.33. The van der Waals surface area contributed by atoms with Crippen molar-refractivity contribution in [2.24, 2.45) is 0 Å². The molecule has 5 nitrogen and oxygen atoms in total. The maximum absolute atomic E-state index is 13.4. The van der Waals surface area contributed by atoms with E-state index in [4.69, 9.17) is 16.3 Å². The Balaban J connectivity index is 1.58. The molecule has 0 amide bonds. The smallest absolute Gasteiger partial charge is 0.258 e. The van der Waals surface area contributed by atoms with Crippen molar-refractivity contribution < 1.29 is 9.13 Å². The largest absolute Gasteiger partial charge is 0.491 e. The fourth-order valence-electron chi connectivity index (χ4n) is 4.16. The first-order valence-corrected chi connectivity index (χ1v) is 10.8. The Morgan fingerprint density at radius 1 is 1.16 bits per heavy atom. The number of nitrogens with zero attached hydrogens (tertiary/aromatic N) is 3. The second-order valence-corrected chi connectivity index (χ2v) is 8.27. The van der Waals surface area contributed by atoms with Gasteiger partial charge in [-0.2, -0.15) is 0 Å². The fraction of sp³-hybridized carbons (Fsp3) is 0.333. The van der Waals surface area contributed by atoms with Crippen LogP contribution in [0.1, 0.15) is 30.8 Å². The Bertz CT molecular complexity index is 1150. The van der Waals surface area contributed by atoms with Crippen molar-refractivity contribution in [3.8, 4) is 11.4 Å². The molecule has 3 aromatic rings. The zero-order chi connectivity index (χ0) is 22.0. The van der Waals surface area contributed by atoms with Crippen LogP contribution >= 0.6 is 11.6 Å². The number of hydrogen-bond acceptors (Lipinski definition) is 4. The molecule has 7 heteroatoms. The van der Waals surface area contributed by atoms with Crippen LogP contribution in [-0.4, -0.2) is 28.7 Å². The molecule has 162 valence electrons. The average molecular weight is 442 g/mol. The number of halogens is 2. The minimum absolute atomic E-state index is 0.130. The van der Waals surface area contributed by atoms with Crippen LogP contribution in [0.25, 0.3) is 5.69 Å². The molecule has 2 heterocycles. The SMILES string of the molecule is Cc1cc(=O)n(-c2ccc(N3CCCCC3COc3cccc(F)c3)c(Cl)c2)c(C)n1. The number of benzene rings is 2. The van der Waals surface area contributed by atoms with Gasteiger partial charge in [-0.3, -0.25) is 9.36 Å². The Morgan fingerprint density at radius 2 is 2.00 bits per heavy atom. The van der Waals surface area contributed by atoms with Crippen LogP contribution in [0.3, 0.4) is 0 Å². The first-order valence-electron chi connectivity index (χ1n) is 10.4. The fourth-order valence-corrected chi connectivity index (χ4v) is 4.45. The van der Waals surface area contributed by atoms with Gasteiger partial charge in [0.05, 0.1) is 22.4 Å². The summed E-state index contributed by atoms with van der Waals surface area (Å²) in [6.07, 6.45) is 3.13. The minimum atomic E-state index is -0.312. The maximum atomic E-state index is 13.4. The van der Waals surface area contributed by atoms with E-state index < -0.39 is 0 Å². The quantitative estimate of drug-likeness (QED) is 0.554. The molecule has 4 rings (SSSR count). The molecule has 1 atom stereocenters. The van der Waals surface area contributed by atoms with Crippen LogP contribution in [0.4, 0.5) is 10.1 Å². The molecule has 1 aliphatic rings. The van der Waals surface area contributed by atoms with E-state index in [1.807, 2.05) is 12.1 Å². The summed E-state index contributed by atoms with van der Waals surface area (Å²) in [6, 6.07) is 13.5. The van der Waals surface area contributed by atoms with E-state index in [-0.39, 0.29) is 17.4 Å². The van der Waals surface area contributed by atoms with Crippen LogP contribution in [0.5, 0.6) is 5.75 Å². The summed E-state index contributed by atoms with van der Waals surface area (Å²) in [4.78, 5) is 19.1. The number of piperidine rings is 1. The van der Waals surface area contributed by atoms with E-state index in [2.05, 4.69) is 9.88 Å². The highest BCUT2D eigenvalue weighted by Crippen LogP contribution is 2.33. The third-order valence-electron chi connectivity index (χ3n) is 5.58. The molecule has 1 aliphatic heterocycles. The van der Waals surface area contributed by atoms with Gasteiger partial charge in [-0.05, 0) is 63.4 Å². The van der Waals surface area contributed by atoms with E-state index in [9.17, 15) is 9.18 Å². The molecule has 0 spiro atoms. The summed E-state index contributed by atoms with van der Waals surface area (Å²) in [7, 11) is 0. The number of ether oxygens (including phenoxy) is 1. The van der Waals surface area contributed by atoms with Gasteiger partial charge in [-0.15, -0.1) is 0 Å². The third-order valence-corrected chi connectivity index (χ3v) is 5.88. The molecule has 0 bridgehead atoms. The average Bonchev–Trinajstić information content (AvgIpc) is 2.72. The molecule has 0 saturated carbocycles. The lowest BCUT2D eigenvalue weighted by molar-refractivity contribution is 0.259. The van der Waals surface area contributed by atoms with Crippen molar-refractivity contribution >= 4 is 17.3 Å². The molecular formula is C24H25ClFN3O2. The van der Waals surface area contributed by atoms with Crippen LogP contribution in [0, 0.1) is 19.7 Å². The Labute approximate surface area is 186 Å². The highest BCUT2D eigenvalue weighted by atomic mass is 35.5. The molecule has 1 saturated heterocycles. The normalized spacial score (nSPS) is 16.4.